The molecule has 2 rings (SSSR count). The molecule has 0 amide bonds. The van der Waals surface area contributed by atoms with E-state index in [1.807, 2.05) is 12.3 Å². The molecular weight excluding hydrogens is 266 g/mol. The smallest absolute Gasteiger partial charge is 0.358 e. The van der Waals surface area contributed by atoms with Gasteiger partial charge in [-0.1, -0.05) is 11.9 Å². The van der Waals surface area contributed by atoms with Gasteiger partial charge in [-0.2, -0.15) is 5.10 Å². The summed E-state index contributed by atoms with van der Waals surface area (Å²) in [5.74, 6) is -0.545. The normalized spacial score (nSPS) is 16.0. The molecule has 1 aliphatic heterocycles. The van der Waals surface area contributed by atoms with E-state index in [1.165, 1.54) is 23.9 Å². The molecule has 6 nitrogen and oxygen atoms in total. The predicted octanol–water partition coefficient (Wildman–Crippen LogP) is 0.854. The molecule has 0 bridgehead atoms. The summed E-state index contributed by atoms with van der Waals surface area (Å²) in [6.07, 6.45) is 4.69. The summed E-state index contributed by atoms with van der Waals surface area (Å²) in [6, 6.07) is 2.71. The van der Waals surface area contributed by atoms with Crippen molar-refractivity contribution in [2.45, 2.75) is 6.42 Å². The van der Waals surface area contributed by atoms with E-state index in [9.17, 15) is 9.59 Å². The fraction of sp³-hybridized carbons (Fsp3) is 0.417. The number of rotatable bonds is 3. The van der Waals surface area contributed by atoms with Crippen LogP contribution in [-0.4, -0.2) is 46.5 Å². The van der Waals surface area contributed by atoms with Crippen LogP contribution in [0.2, 0.25) is 0 Å². The fourth-order valence-electron chi connectivity index (χ4n) is 1.83. The number of methoxy groups -OCH3 is 1. The lowest BCUT2D eigenvalue weighted by atomic mass is 10.2. The van der Waals surface area contributed by atoms with Crippen molar-refractivity contribution in [3.63, 3.8) is 0 Å². The lowest BCUT2D eigenvalue weighted by Gasteiger charge is -2.23. The quantitative estimate of drug-likeness (QED) is 0.604. The third-order valence-corrected chi connectivity index (χ3v) is 3.72. The lowest BCUT2D eigenvalue weighted by molar-refractivity contribution is 0.0592. The number of aromatic nitrogens is 2. The van der Waals surface area contributed by atoms with Crippen LogP contribution >= 0.6 is 11.9 Å². The average molecular weight is 281 g/mol. The Labute approximate surface area is 115 Å². The molecule has 1 aliphatic rings. The second-order valence-electron chi connectivity index (χ2n) is 3.98. The minimum Gasteiger partial charge on any atom is -0.464 e. The molecule has 1 aromatic heterocycles. The van der Waals surface area contributed by atoms with Crippen LogP contribution in [0, 0.1) is 0 Å². The third kappa shape index (κ3) is 3.05. The van der Waals surface area contributed by atoms with Crippen molar-refractivity contribution in [3.8, 4) is 0 Å². The highest BCUT2D eigenvalue weighted by Crippen LogP contribution is 2.17. The standard InChI is InChI=1S/C12H15N3O3S/c1-18-12(17)10-3-4-11(16)15(13-10)9-5-7-14(19-2)8-6-9/h3-5H,6-8H2,1-2H3. The molecule has 0 N–H and O–H groups in total. The van der Waals surface area contributed by atoms with Crippen LogP contribution in [0.5, 0.6) is 0 Å². The third-order valence-electron chi connectivity index (χ3n) is 2.87. The highest BCUT2D eigenvalue weighted by Gasteiger charge is 2.16. The second-order valence-corrected chi connectivity index (χ2v) is 4.86. The van der Waals surface area contributed by atoms with Gasteiger partial charge in [0.25, 0.3) is 5.56 Å². The number of hydrogen-bond donors (Lipinski definition) is 0. The minimum atomic E-state index is -0.545. The second kappa shape index (κ2) is 6.03. The molecule has 0 radical (unpaired) electrons. The van der Waals surface area contributed by atoms with Gasteiger partial charge < -0.3 is 4.74 Å². The van der Waals surface area contributed by atoms with Crippen molar-refractivity contribution in [2.75, 3.05) is 26.5 Å². The first-order valence-corrected chi connectivity index (χ1v) is 7.01. The number of carbonyl (C=O) groups excluding carboxylic acids is 1. The number of hydrogen-bond acceptors (Lipinski definition) is 6. The zero-order valence-corrected chi connectivity index (χ0v) is 11.6. The molecule has 0 saturated carbocycles. The van der Waals surface area contributed by atoms with Gasteiger partial charge in [0.2, 0.25) is 0 Å². The van der Waals surface area contributed by atoms with Crippen molar-refractivity contribution in [1.29, 1.82) is 0 Å². The number of carbonyl (C=O) groups is 1. The minimum absolute atomic E-state index is 0.135. The van der Waals surface area contributed by atoms with E-state index in [-0.39, 0.29) is 11.3 Å². The molecule has 102 valence electrons. The van der Waals surface area contributed by atoms with Gasteiger partial charge in [0.1, 0.15) is 0 Å². The Bertz CT molecular complexity index is 568. The zero-order chi connectivity index (χ0) is 13.8. The first kappa shape index (κ1) is 13.8. The molecule has 0 saturated heterocycles. The van der Waals surface area contributed by atoms with Crippen molar-refractivity contribution in [2.24, 2.45) is 0 Å². The van der Waals surface area contributed by atoms with Crippen molar-refractivity contribution >= 4 is 23.6 Å². The molecule has 0 aromatic carbocycles. The highest BCUT2D eigenvalue weighted by atomic mass is 32.2. The molecule has 0 spiro atoms. The summed E-state index contributed by atoms with van der Waals surface area (Å²) in [7, 11) is 1.29. The van der Waals surface area contributed by atoms with E-state index < -0.39 is 5.97 Å². The van der Waals surface area contributed by atoms with Crippen LogP contribution in [0.15, 0.2) is 23.0 Å². The van der Waals surface area contributed by atoms with Crippen LogP contribution < -0.4 is 5.56 Å². The van der Waals surface area contributed by atoms with E-state index in [1.54, 1.807) is 11.9 Å². The molecule has 0 atom stereocenters. The fourth-order valence-corrected chi connectivity index (χ4v) is 2.33. The van der Waals surface area contributed by atoms with Crippen LogP contribution in [0.3, 0.4) is 0 Å². The van der Waals surface area contributed by atoms with Crippen molar-refractivity contribution in [3.05, 3.63) is 34.3 Å². The molecule has 1 aromatic rings. The van der Waals surface area contributed by atoms with Gasteiger partial charge >= 0.3 is 5.97 Å². The number of ether oxygens (including phenoxy) is 1. The number of esters is 1. The van der Waals surface area contributed by atoms with Crippen LogP contribution in [0.4, 0.5) is 0 Å². The zero-order valence-electron chi connectivity index (χ0n) is 10.8. The van der Waals surface area contributed by atoms with E-state index >= 15 is 0 Å². The summed E-state index contributed by atoms with van der Waals surface area (Å²) >= 11 is 1.67. The van der Waals surface area contributed by atoms with Crippen LogP contribution in [0.25, 0.3) is 5.70 Å². The maximum absolute atomic E-state index is 11.8. The van der Waals surface area contributed by atoms with Gasteiger partial charge in [0.05, 0.1) is 7.11 Å². The van der Waals surface area contributed by atoms with E-state index in [4.69, 9.17) is 0 Å². The Kier molecular flexibility index (Phi) is 4.39. The maximum Gasteiger partial charge on any atom is 0.358 e. The molecular formula is C12H15N3O3S. The molecule has 7 heteroatoms. The van der Waals surface area contributed by atoms with E-state index in [0.29, 0.717) is 0 Å². The summed E-state index contributed by atoms with van der Waals surface area (Å²) in [6.45, 7) is 1.61. The SMILES string of the molecule is COC(=O)c1ccc(=O)n(C2=CCN(SC)CC2)n1. The van der Waals surface area contributed by atoms with E-state index in [0.717, 1.165) is 25.2 Å². The summed E-state index contributed by atoms with van der Waals surface area (Å²) in [4.78, 5) is 23.2. The van der Waals surface area contributed by atoms with Gasteiger partial charge in [0, 0.05) is 31.3 Å². The molecule has 0 unspecified atom stereocenters. The van der Waals surface area contributed by atoms with E-state index in [2.05, 4.69) is 14.1 Å². The summed E-state index contributed by atoms with van der Waals surface area (Å²) in [5.41, 5.74) is 0.716. The largest absolute Gasteiger partial charge is 0.464 e. The van der Waals surface area contributed by atoms with Crippen molar-refractivity contribution < 1.29 is 9.53 Å². The molecule has 0 aliphatic carbocycles. The monoisotopic (exact) mass is 281 g/mol. The maximum atomic E-state index is 11.8. The van der Waals surface area contributed by atoms with Crippen LogP contribution in [-0.2, 0) is 4.74 Å². The Morgan fingerprint density at radius 3 is 2.84 bits per heavy atom. The first-order chi connectivity index (χ1) is 9.15. The van der Waals surface area contributed by atoms with Gasteiger partial charge in [-0.25, -0.2) is 13.8 Å². The Morgan fingerprint density at radius 1 is 1.47 bits per heavy atom. The van der Waals surface area contributed by atoms with Gasteiger partial charge in [-0.15, -0.1) is 0 Å². The average Bonchev–Trinajstić information content (AvgIpc) is 2.47. The molecule has 2 heterocycles. The van der Waals surface area contributed by atoms with Crippen LogP contribution in [0.1, 0.15) is 16.9 Å². The molecule has 0 fully saturated rings. The summed E-state index contributed by atoms with van der Waals surface area (Å²) < 4.78 is 8.07. The highest BCUT2D eigenvalue weighted by molar-refractivity contribution is 7.96. The predicted molar refractivity (Wildman–Crippen MR) is 73.8 cm³/mol. The van der Waals surface area contributed by atoms with Gasteiger partial charge in [-0.05, 0) is 18.4 Å². The lowest BCUT2D eigenvalue weighted by Crippen LogP contribution is -2.29. The van der Waals surface area contributed by atoms with Crippen molar-refractivity contribution in [1.82, 2.24) is 14.1 Å². The van der Waals surface area contributed by atoms with Gasteiger partial charge in [0.15, 0.2) is 5.69 Å². The Morgan fingerprint density at radius 2 is 2.26 bits per heavy atom. The number of nitrogens with zero attached hydrogens (tertiary/aromatic N) is 3. The molecule has 19 heavy (non-hydrogen) atoms. The topological polar surface area (TPSA) is 64.4 Å². The Hall–Kier alpha value is -1.60. The Balaban J connectivity index is 2.32. The van der Waals surface area contributed by atoms with Gasteiger partial charge in [-0.3, -0.25) is 4.79 Å². The first-order valence-electron chi connectivity index (χ1n) is 5.83. The summed E-state index contributed by atoms with van der Waals surface area (Å²) in [5, 5.41) is 4.05.